The van der Waals surface area contributed by atoms with Gasteiger partial charge in [0.05, 0.1) is 12.2 Å². The van der Waals surface area contributed by atoms with Crippen molar-refractivity contribution in [2.24, 2.45) is 5.73 Å². The largest absolute Gasteiger partial charge is 0.330 e. The monoisotopic (exact) mass is 361 g/mol. The van der Waals surface area contributed by atoms with Gasteiger partial charge in [-0.3, -0.25) is 9.59 Å². The summed E-state index contributed by atoms with van der Waals surface area (Å²) in [7, 11) is 0. The lowest BCUT2D eigenvalue weighted by molar-refractivity contribution is -0.116. The molecule has 0 spiro atoms. The molecule has 25 heavy (non-hydrogen) atoms. The van der Waals surface area contributed by atoms with E-state index in [1.165, 1.54) is 10.6 Å². The van der Waals surface area contributed by atoms with Crippen LogP contribution < -0.4 is 16.6 Å². The van der Waals surface area contributed by atoms with E-state index >= 15 is 0 Å². The third kappa shape index (κ3) is 6.36. The first kappa shape index (κ1) is 19.2. The molecule has 5 nitrogen and oxygen atoms in total. The van der Waals surface area contributed by atoms with Crippen molar-refractivity contribution in [3.8, 4) is 0 Å². The zero-order valence-corrected chi connectivity index (χ0v) is 15.0. The van der Waals surface area contributed by atoms with E-state index in [0.29, 0.717) is 30.2 Å². The fourth-order valence-corrected chi connectivity index (χ4v) is 2.74. The summed E-state index contributed by atoms with van der Waals surface area (Å²) < 4.78 is 1.54. The number of carbonyl (C=O) groups is 1. The Hall–Kier alpha value is -2.11. The molecule has 0 aliphatic heterocycles. The molecule has 0 aliphatic carbocycles. The van der Waals surface area contributed by atoms with Crippen LogP contribution in [0.15, 0.2) is 47.4 Å². The number of anilines is 1. The summed E-state index contributed by atoms with van der Waals surface area (Å²) in [6.07, 6.45) is 6.00. The number of aromatic nitrogens is 1. The molecule has 2 aromatic rings. The molecule has 0 unspecified atom stereocenters. The molecule has 0 atom stereocenters. The van der Waals surface area contributed by atoms with E-state index < -0.39 is 0 Å². The second kappa shape index (κ2) is 10.0. The SMILES string of the molecule is NCCCCCCC(=O)Nc1ccc(=O)n(Cc2ccccc2Cl)c1. The van der Waals surface area contributed by atoms with Crippen LogP contribution >= 0.6 is 11.6 Å². The van der Waals surface area contributed by atoms with Gasteiger partial charge in [0.2, 0.25) is 5.91 Å². The Labute approximate surface area is 152 Å². The molecule has 3 N–H and O–H groups in total. The van der Waals surface area contributed by atoms with Crippen molar-refractivity contribution in [3.63, 3.8) is 0 Å². The number of halogens is 1. The minimum absolute atomic E-state index is 0.0457. The summed E-state index contributed by atoms with van der Waals surface area (Å²) in [5.74, 6) is -0.0457. The Morgan fingerprint density at radius 3 is 2.60 bits per heavy atom. The molecule has 0 saturated carbocycles. The van der Waals surface area contributed by atoms with Crippen LogP contribution in [0.2, 0.25) is 5.02 Å². The highest BCUT2D eigenvalue weighted by Gasteiger charge is 2.06. The van der Waals surface area contributed by atoms with Crippen LogP contribution in [0.5, 0.6) is 0 Å². The van der Waals surface area contributed by atoms with Gasteiger partial charge in [-0.1, -0.05) is 42.6 Å². The van der Waals surface area contributed by atoms with Crippen LogP contribution in [-0.4, -0.2) is 17.0 Å². The number of nitrogens with zero attached hydrogens (tertiary/aromatic N) is 1. The zero-order valence-electron chi connectivity index (χ0n) is 14.2. The minimum Gasteiger partial charge on any atom is -0.330 e. The van der Waals surface area contributed by atoms with Gasteiger partial charge < -0.3 is 15.6 Å². The van der Waals surface area contributed by atoms with Crippen LogP contribution in [0.3, 0.4) is 0 Å². The molecule has 134 valence electrons. The Morgan fingerprint density at radius 1 is 1.08 bits per heavy atom. The third-order valence-electron chi connectivity index (χ3n) is 3.92. The Balaban J connectivity index is 1.95. The quantitative estimate of drug-likeness (QED) is 0.672. The topological polar surface area (TPSA) is 77.1 Å². The molecule has 0 aliphatic rings. The first-order valence-corrected chi connectivity index (χ1v) is 8.92. The third-order valence-corrected chi connectivity index (χ3v) is 4.29. The molecular weight excluding hydrogens is 338 g/mol. The van der Waals surface area contributed by atoms with E-state index in [4.69, 9.17) is 17.3 Å². The Kier molecular flexibility index (Phi) is 7.70. The summed E-state index contributed by atoms with van der Waals surface area (Å²) in [5.41, 5.74) is 6.77. The second-order valence-electron chi connectivity index (χ2n) is 5.98. The maximum Gasteiger partial charge on any atom is 0.250 e. The Morgan fingerprint density at radius 2 is 1.84 bits per heavy atom. The maximum absolute atomic E-state index is 12.0. The number of unbranched alkanes of at least 4 members (excludes halogenated alkanes) is 3. The minimum atomic E-state index is -0.139. The van der Waals surface area contributed by atoms with Crippen molar-refractivity contribution in [2.45, 2.75) is 38.6 Å². The van der Waals surface area contributed by atoms with Crippen LogP contribution in [0.1, 0.15) is 37.7 Å². The molecule has 6 heteroatoms. The van der Waals surface area contributed by atoms with Gasteiger partial charge in [-0.2, -0.15) is 0 Å². The van der Waals surface area contributed by atoms with Gasteiger partial charge in [-0.05, 0) is 37.1 Å². The lowest BCUT2D eigenvalue weighted by atomic mass is 10.1. The standard InChI is InChI=1S/C19H24ClN3O2/c20-17-8-5-4-7-15(17)13-23-14-16(10-11-19(23)25)22-18(24)9-3-1-2-6-12-21/h4-5,7-8,10-11,14H,1-3,6,9,12-13,21H2,(H,22,24). The van der Waals surface area contributed by atoms with E-state index in [9.17, 15) is 9.59 Å². The molecule has 0 bridgehead atoms. The summed E-state index contributed by atoms with van der Waals surface area (Å²) in [4.78, 5) is 24.1. The number of hydrogen-bond donors (Lipinski definition) is 2. The number of amides is 1. The molecule has 2 rings (SSSR count). The predicted octanol–water partition coefficient (Wildman–Crippen LogP) is 3.40. The normalized spacial score (nSPS) is 10.6. The first-order valence-electron chi connectivity index (χ1n) is 8.54. The van der Waals surface area contributed by atoms with Gasteiger partial charge in [0.1, 0.15) is 0 Å². The molecule has 0 saturated heterocycles. The number of rotatable bonds is 9. The van der Waals surface area contributed by atoms with Crippen molar-refractivity contribution in [2.75, 3.05) is 11.9 Å². The lowest BCUT2D eigenvalue weighted by Gasteiger charge is -2.10. The van der Waals surface area contributed by atoms with Crippen LogP contribution in [0.25, 0.3) is 0 Å². The number of carbonyl (C=O) groups excluding carboxylic acids is 1. The van der Waals surface area contributed by atoms with E-state index in [-0.39, 0.29) is 11.5 Å². The van der Waals surface area contributed by atoms with Gasteiger partial charge in [0, 0.05) is 23.7 Å². The van der Waals surface area contributed by atoms with E-state index in [1.807, 2.05) is 18.2 Å². The second-order valence-corrected chi connectivity index (χ2v) is 6.38. The van der Waals surface area contributed by atoms with Crippen LogP contribution in [0.4, 0.5) is 5.69 Å². The van der Waals surface area contributed by atoms with Gasteiger partial charge in [-0.15, -0.1) is 0 Å². The average molecular weight is 362 g/mol. The molecule has 1 heterocycles. The Bertz CT molecular complexity index is 758. The summed E-state index contributed by atoms with van der Waals surface area (Å²) in [5, 5.41) is 3.46. The van der Waals surface area contributed by atoms with Crippen LogP contribution in [-0.2, 0) is 11.3 Å². The van der Waals surface area contributed by atoms with Crippen molar-refractivity contribution >= 4 is 23.2 Å². The highest BCUT2D eigenvalue weighted by Crippen LogP contribution is 2.16. The van der Waals surface area contributed by atoms with Gasteiger partial charge in [0.15, 0.2) is 0 Å². The number of pyridine rings is 1. The van der Waals surface area contributed by atoms with E-state index in [2.05, 4.69) is 5.32 Å². The molecule has 1 aromatic carbocycles. The number of benzene rings is 1. The number of nitrogens with two attached hydrogens (primary N) is 1. The predicted molar refractivity (Wildman–Crippen MR) is 102 cm³/mol. The lowest BCUT2D eigenvalue weighted by Crippen LogP contribution is -2.21. The number of nitrogens with one attached hydrogen (secondary N) is 1. The van der Waals surface area contributed by atoms with E-state index in [1.54, 1.807) is 18.3 Å². The van der Waals surface area contributed by atoms with Crippen molar-refractivity contribution in [1.29, 1.82) is 0 Å². The van der Waals surface area contributed by atoms with Crippen LogP contribution in [0, 0.1) is 0 Å². The maximum atomic E-state index is 12.0. The fraction of sp³-hybridized carbons (Fsp3) is 0.368. The summed E-state index contributed by atoms with van der Waals surface area (Å²) >= 11 is 6.15. The molecule has 0 radical (unpaired) electrons. The fourth-order valence-electron chi connectivity index (χ4n) is 2.55. The first-order chi connectivity index (χ1) is 12.1. The zero-order chi connectivity index (χ0) is 18.1. The van der Waals surface area contributed by atoms with Crippen molar-refractivity contribution in [3.05, 3.63) is 63.5 Å². The number of hydrogen-bond acceptors (Lipinski definition) is 3. The molecule has 1 aromatic heterocycles. The summed E-state index contributed by atoms with van der Waals surface area (Å²) in [6.45, 7) is 1.06. The van der Waals surface area contributed by atoms with E-state index in [0.717, 1.165) is 31.2 Å². The van der Waals surface area contributed by atoms with Crippen molar-refractivity contribution < 1.29 is 4.79 Å². The molecule has 1 amide bonds. The average Bonchev–Trinajstić information content (AvgIpc) is 2.59. The summed E-state index contributed by atoms with van der Waals surface area (Å²) in [6, 6.07) is 10.5. The molecule has 0 fully saturated rings. The molecular formula is C19H24ClN3O2. The van der Waals surface area contributed by atoms with Crippen molar-refractivity contribution in [1.82, 2.24) is 4.57 Å². The van der Waals surface area contributed by atoms with Gasteiger partial charge >= 0.3 is 0 Å². The highest BCUT2D eigenvalue weighted by molar-refractivity contribution is 6.31. The highest BCUT2D eigenvalue weighted by atomic mass is 35.5. The smallest absolute Gasteiger partial charge is 0.250 e. The van der Waals surface area contributed by atoms with Gasteiger partial charge in [0.25, 0.3) is 5.56 Å². The van der Waals surface area contributed by atoms with Gasteiger partial charge in [-0.25, -0.2) is 0 Å².